The van der Waals surface area contributed by atoms with Crippen molar-refractivity contribution >= 4 is 6.16 Å². The van der Waals surface area contributed by atoms with E-state index in [9.17, 15) is 9.18 Å². The summed E-state index contributed by atoms with van der Waals surface area (Å²) in [7, 11) is 0. The van der Waals surface area contributed by atoms with Crippen molar-refractivity contribution in [2.75, 3.05) is 6.61 Å². The lowest BCUT2D eigenvalue weighted by Crippen LogP contribution is -1.98. The molecule has 0 spiro atoms. The number of ether oxygens (including phenoxy) is 2. The van der Waals surface area contributed by atoms with E-state index >= 15 is 0 Å². The van der Waals surface area contributed by atoms with Crippen molar-refractivity contribution in [1.29, 1.82) is 0 Å². The molecule has 50 valence electrons. The molecule has 1 rings (SSSR count). The smallest absolute Gasteiger partial charge is 0.427 e. The summed E-state index contributed by atoms with van der Waals surface area (Å²) in [6.45, 7) is -0.265. The number of halogens is 1. The Morgan fingerprint density at radius 3 is 2.33 bits per heavy atom. The van der Waals surface area contributed by atoms with Gasteiger partial charge in [-0.1, -0.05) is 0 Å². The summed E-state index contributed by atoms with van der Waals surface area (Å²) in [5.74, 6) is 0. The van der Waals surface area contributed by atoms with Crippen molar-refractivity contribution in [3.63, 3.8) is 0 Å². The number of terminal acetylenes is 1. The van der Waals surface area contributed by atoms with Gasteiger partial charge >= 0.3 is 6.16 Å². The fourth-order valence-electron chi connectivity index (χ4n) is 0.306. The third kappa shape index (κ3) is 2.54. The van der Waals surface area contributed by atoms with Crippen molar-refractivity contribution in [3.8, 4) is 12.8 Å². The average Bonchev–Trinajstić information content (AvgIpc) is 2.20. The van der Waals surface area contributed by atoms with Gasteiger partial charge < -0.3 is 9.47 Å². The van der Waals surface area contributed by atoms with E-state index in [1.54, 1.807) is 0 Å². The highest BCUT2D eigenvalue weighted by Crippen LogP contribution is 2.05. The number of carbonyl (C=O) groups excluding carboxylic acids is 1. The standard InChI is InChI=1S/C3H3FO3.C2H2/c4-2-1-6-3(5)7-2;1-2/h2H,1H2;1-2H. The van der Waals surface area contributed by atoms with Gasteiger partial charge in [-0.25, -0.2) is 4.79 Å². The minimum atomic E-state index is -1.55. The van der Waals surface area contributed by atoms with Gasteiger partial charge in [0.2, 0.25) is 0 Å². The Bertz CT molecular complexity index is 121. The third-order valence-corrected chi connectivity index (χ3v) is 0.556. The largest absolute Gasteiger partial charge is 0.511 e. The number of rotatable bonds is 0. The first-order chi connectivity index (χ1) is 4.29. The summed E-state index contributed by atoms with van der Waals surface area (Å²) in [6, 6.07) is 0. The topological polar surface area (TPSA) is 35.5 Å². The van der Waals surface area contributed by atoms with Crippen LogP contribution in [-0.4, -0.2) is 19.1 Å². The van der Waals surface area contributed by atoms with E-state index < -0.39 is 12.5 Å². The van der Waals surface area contributed by atoms with Crippen molar-refractivity contribution in [3.05, 3.63) is 0 Å². The second kappa shape index (κ2) is 3.72. The molecule has 1 unspecified atom stereocenters. The quantitative estimate of drug-likeness (QED) is 0.359. The zero-order chi connectivity index (χ0) is 7.28. The van der Waals surface area contributed by atoms with Crippen molar-refractivity contribution in [1.82, 2.24) is 0 Å². The molecule has 0 saturated carbocycles. The average molecular weight is 132 g/mol. The first-order valence-electron chi connectivity index (χ1n) is 2.10. The molecule has 9 heavy (non-hydrogen) atoms. The van der Waals surface area contributed by atoms with Gasteiger partial charge in [0.05, 0.1) is 0 Å². The van der Waals surface area contributed by atoms with Crippen LogP contribution in [0.4, 0.5) is 9.18 Å². The van der Waals surface area contributed by atoms with Gasteiger partial charge in [0, 0.05) is 0 Å². The van der Waals surface area contributed by atoms with Gasteiger partial charge in [-0.15, -0.1) is 12.8 Å². The Morgan fingerprint density at radius 1 is 1.67 bits per heavy atom. The van der Waals surface area contributed by atoms with Crippen LogP contribution in [0, 0.1) is 12.8 Å². The fourth-order valence-corrected chi connectivity index (χ4v) is 0.306. The second-order valence-electron chi connectivity index (χ2n) is 1.09. The lowest BCUT2D eigenvalue weighted by molar-refractivity contribution is 0.0573. The maximum absolute atomic E-state index is 11.6. The Hall–Kier alpha value is -1.24. The molecular formula is C5H5FO3. The first-order valence-corrected chi connectivity index (χ1v) is 2.10. The zero-order valence-electron chi connectivity index (χ0n) is 4.54. The molecule has 0 bridgehead atoms. The third-order valence-electron chi connectivity index (χ3n) is 0.556. The summed E-state index contributed by atoms with van der Waals surface area (Å²) < 4.78 is 19.5. The van der Waals surface area contributed by atoms with Crippen molar-refractivity contribution < 1.29 is 18.7 Å². The van der Waals surface area contributed by atoms with Crippen LogP contribution in [-0.2, 0) is 9.47 Å². The Kier molecular flexibility index (Phi) is 3.21. The number of hydrogen-bond acceptors (Lipinski definition) is 3. The lowest BCUT2D eigenvalue weighted by Gasteiger charge is -1.85. The minimum absolute atomic E-state index is 0.265. The summed E-state index contributed by atoms with van der Waals surface area (Å²) in [6.07, 6.45) is 5.53. The maximum atomic E-state index is 11.6. The SMILES string of the molecule is C#C.O=C1OCC(F)O1. The minimum Gasteiger partial charge on any atom is -0.427 e. The molecule has 1 aliphatic heterocycles. The van der Waals surface area contributed by atoms with Crippen LogP contribution < -0.4 is 0 Å². The monoisotopic (exact) mass is 132 g/mol. The van der Waals surface area contributed by atoms with Gasteiger partial charge in [-0.3, -0.25) is 0 Å². The summed E-state index contributed by atoms with van der Waals surface area (Å²) in [5, 5.41) is 0. The molecule has 4 heteroatoms. The number of alkyl halides is 1. The molecule has 0 aromatic carbocycles. The van der Waals surface area contributed by atoms with Gasteiger partial charge in [0.15, 0.2) is 6.61 Å². The molecule has 0 aromatic rings. The summed E-state index contributed by atoms with van der Waals surface area (Å²) in [4.78, 5) is 9.77. The van der Waals surface area contributed by atoms with Crippen molar-refractivity contribution in [2.24, 2.45) is 0 Å². The van der Waals surface area contributed by atoms with Crippen LogP contribution in [0.5, 0.6) is 0 Å². The van der Waals surface area contributed by atoms with Gasteiger partial charge in [0.25, 0.3) is 6.36 Å². The molecular weight excluding hydrogens is 127 g/mol. The van der Waals surface area contributed by atoms with Crippen molar-refractivity contribution in [2.45, 2.75) is 6.36 Å². The zero-order valence-corrected chi connectivity index (χ0v) is 4.54. The van der Waals surface area contributed by atoms with Crippen LogP contribution in [0.2, 0.25) is 0 Å². The van der Waals surface area contributed by atoms with Crippen LogP contribution in [0.1, 0.15) is 0 Å². The van der Waals surface area contributed by atoms with Gasteiger partial charge in [-0.2, -0.15) is 4.39 Å². The van der Waals surface area contributed by atoms with E-state index in [-0.39, 0.29) is 6.61 Å². The van der Waals surface area contributed by atoms with E-state index in [4.69, 9.17) is 0 Å². The summed E-state index contributed by atoms with van der Waals surface area (Å²) in [5.41, 5.74) is 0. The van der Waals surface area contributed by atoms with E-state index in [1.807, 2.05) is 0 Å². The molecule has 0 radical (unpaired) electrons. The first kappa shape index (κ1) is 7.76. The molecule has 0 N–H and O–H groups in total. The molecule has 0 amide bonds. The highest BCUT2D eigenvalue weighted by Gasteiger charge is 2.23. The van der Waals surface area contributed by atoms with E-state index in [0.29, 0.717) is 0 Å². The van der Waals surface area contributed by atoms with E-state index in [0.717, 1.165) is 0 Å². The molecule has 3 nitrogen and oxygen atoms in total. The van der Waals surface area contributed by atoms with Gasteiger partial charge in [0.1, 0.15) is 0 Å². The predicted octanol–water partition coefficient (Wildman–Crippen LogP) is 0.698. The van der Waals surface area contributed by atoms with Crippen LogP contribution in [0.25, 0.3) is 0 Å². The second-order valence-corrected chi connectivity index (χ2v) is 1.09. The van der Waals surface area contributed by atoms with E-state index in [1.165, 1.54) is 0 Å². The highest BCUT2D eigenvalue weighted by atomic mass is 19.1. The summed E-state index contributed by atoms with van der Waals surface area (Å²) >= 11 is 0. The number of cyclic esters (lactones) is 2. The Labute approximate surface area is 51.8 Å². The Morgan fingerprint density at radius 2 is 2.22 bits per heavy atom. The lowest BCUT2D eigenvalue weighted by atomic mass is 10.8. The molecule has 1 aliphatic rings. The molecule has 0 aromatic heterocycles. The Balaban J connectivity index is 0.000000291. The maximum Gasteiger partial charge on any atom is 0.511 e. The van der Waals surface area contributed by atoms with Gasteiger partial charge in [-0.05, 0) is 0 Å². The fraction of sp³-hybridized carbons (Fsp3) is 0.400. The highest BCUT2D eigenvalue weighted by molar-refractivity contribution is 5.61. The normalized spacial score (nSPS) is 23.0. The van der Waals surface area contributed by atoms with Crippen LogP contribution >= 0.6 is 0 Å². The number of hydrogen-bond donors (Lipinski definition) is 0. The molecule has 1 fully saturated rings. The van der Waals surface area contributed by atoms with Crippen LogP contribution in [0.15, 0.2) is 0 Å². The van der Waals surface area contributed by atoms with Crippen LogP contribution in [0.3, 0.4) is 0 Å². The predicted molar refractivity (Wildman–Crippen MR) is 27.2 cm³/mol. The molecule has 0 aliphatic carbocycles. The molecule has 1 heterocycles. The number of carbonyl (C=O) groups is 1. The molecule has 1 atom stereocenters. The van der Waals surface area contributed by atoms with E-state index in [2.05, 4.69) is 22.3 Å². The molecule has 1 saturated heterocycles.